The average Bonchev–Trinajstić information content (AvgIpc) is 3.03. The number of hydrogen-bond acceptors (Lipinski definition) is 5. The summed E-state index contributed by atoms with van der Waals surface area (Å²) in [6.07, 6.45) is 0.169. The molecular weight excluding hydrogens is 737 g/mol. The fourth-order valence-electron chi connectivity index (χ4n) is 4.98. The van der Waals surface area contributed by atoms with Crippen LogP contribution in [0.3, 0.4) is 0 Å². The zero-order valence-corrected chi connectivity index (χ0v) is 31.0. The van der Waals surface area contributed by atoms with Crippen LogP contribution in [0.15, 0.2) is 106 Å². The Morgan fingerprint density at radius 3 is 2.15 bits per heavy atom. The normalized spacial score (nSPS) is 12.2. The third kappa shape index (κ3) is 9.98. The summed E-state index contributed by atoms with van der Waals surface area (Å²) in [5.74, 6) is -0.455. The van der Waals surface area contributed by atoms with Crippen molar-refractivity contribution < 1.29 is 22.7 Å². The van der Waals surface area contributed by atoms with Crippen molar-refractivity contribution in [3.63, 3.8) is 0 Å². The molecule has 12 heteroatoms. The van der Waals surface area contributed by atoms with Gasteiger partial charge in [-0.25, -0.2) is 8.42 Å². The van der Waals surface area contributed by atoms with Gasteiger partial charge in [0.25, 0.3) is 10.0 Å². The second-order valence-corrected chi connectivity index (χ2v) is 15.7. The Bertz CT molecular complexity index is 1820. The van der Waals surface area contributed by atoms with Crippen molar-refractivity contribution in [2.45, 2.75) is 57.1 Å². The van der Waals surface area contributed by atoms with Crippen molar-refractivity contribution in [2.75, 3.05) is 17.5 Å². The molecule has 0 spiro atoms. The molecular formula is C36H38BrCl2N3O5S. The van der Waals surface area contributed by atoms with Crippen molar-refractivity contribution in [1.82, 2.24) is 10.2 Å². The highest BCUT2D eigenvalue weighted by Gasteiger charge is 2.36. The Kier molecular flexibility index (Phi) is 12.6. The molecule has 0 aromatic heterocycles. The van der Waals surface area contributed by atoms with Gasteiger partial charge in [-0.1, -0.05) is 75.5 Å². The van der Waals surface area contributed by atoms with E-state index in [4.69, 9.17) is 27.9 Å². The van der Waals surface area contributed by atoms with Crippen molar-refractivity contribution in [3.05, 3.63) is 123 Å². The molecule has 8 nitrogen and oxygen atoms in total. The van der Waals surface area contributed by atoms with Crippen LogP contribution < -0.4 is 14.4 Å². The van der Waals surface area contributed by atoms with E-state index >= 15 is 0 Å². The number of sulfonamides is 1. The molecule has 0 saturated heterocycles. The highest BCUT2D eigenvalue weighted by molar-refractivity contribution is 9.10. The summed E-state index contributed by atoms with van der Waals surface area (Å²) in [5.41, 5.74) is 0.993. The molecule has 0 fully saturated rings. The molecule has 2 amide bonds. The lowest BCUT2D eigenvalue weighted by Gasteiger charge is -2.35. The van der Waals surface area contributed by atoms with Crippen molar-refractivity contribution in [1.29, 1.82) is 0 Å². The van der Waals surface area contributed by atoms with Crippen LogP contribution in [-0.4, -0.2) is 49.9 Å². The van der Waals surface area contributed by atoms with Crippen molar-refractivity contribution in [3.8, 4) is 5.75 Å². The molecule has 4 aromatic rings. The van der Waals surface area contributed by atoms with Crippen LogP contribution >= 0.6 is 39.1 Å². The van der Waals surface area contributed by atoms with Gasteiger partial charge < -0.3 is 15.0 Å². The largest absolute Gasteiger partial charge is 0.494 e. The van der Waals surface area contributed by atoms with E-state index in [0.717, 1.165) is 9.87 Å². The summed E-state index contributed by atoms with van der Waals surface area (Å²) >= 11 is 16.1. The molecule has 48 heavy (non-hydrogen) atoms. The first-order chi connectivity index (χ1) is 22.7. The number of nitrogens with zero attached hydrogens (tertiary/aromatic N) is 2. The lowest BCUT2D eigenvalue weighted by Crippen LogP contribution is -2.56. The van der Waals surface area contributed by atoms with E-state index in [0.29, 0.717) is 32.4 Å². The molecule has 0 radical (unpaired) electrons. The number of benzene rings is 4. The minimum absolute atomic E-state index is 0.00834. The standard InChI is InChI=1S/C36H38BrCl2N3O5S/c1-5-47-30-17-15-29(16-18-30)42(48(45,46)31-19-12-27(37)13-20-31)24-34(43)41(23-26-11-14-28(38)22-32(26)39)33(35(44)40-36(2,3)4)21-25-9-7-6-8-10-25/h6-20,22,33H,5,21,23-24H2,1-4H3,(H,40,44). The van der Waals surface area contributed by atoms with Gasteiger partial charge >= 0.3 is 0 Å². The van der Waals surface area contributed by atoms with Gasteiger partial charge in [-0.15, -0.1) is 0 Å². The second-order valence-electron chi connectivity index (χ2n) is 12.1. The highest BCUT2D eigenvalue weighted by Crippen LogP contribution is 2.29. The molecule has 0 saturated carbocycles. The average molecular weight is 776 g/mol. The van der Waals surface area contributed by atoms with Gasteiger partial charge in [-0.05, 0) is 99.5 Å². The SMILES string of the molecule is CCOc1ccc(N(CC(=O)N(Cc2ccc(Cl)cc2Cl)C(Cc2ccccc2)C(=O)NC(C)(C)C)S(=O)(=O)c2ccc(Br)cc2)cc1. The van der Waals surface area contributed by atoms with E-state index in [1.165, 1.54) is 17.0 Å². The number of anilines is 1. The molecule has 0 heterocycles. The second kappa shape index (κ2) is 16.2. The van der Waals surface area contributed by atoms with Gasteiger partial charge in [0.05, 0.1) is 17.2 Å². The quantitative estimate of drug-likeness (QED) is 0.149. The van der Waals surface area contributed by atoms with E-state index in [9.17, 15) is 18.0 Å². The molecule has 1 unspecified atom stereocenters. The Morgan fingerprint density at radius 2 is 1.56 bits per heavy atom. The lowest BCUT2D eigenvalue weighted by atomic mass is 10.0. The number of nitrogens with one attached hydrogen (secondary N) is 1. The molecule has 4 rings (SSSR count). The third-order valence-corrected chi connectivity index (χ3v) is 10.1. The molecule has 254 valence electrons. The molecule has 4 aromatic carbocycles. The Hall–Kier alpha value is -3.57. The minimum atomic E-state index is -4.26. The predicted molar refractivity (Wildman–Crippen MR) is 195 cm³/mol. The molecule has 0 aliphatic carbocycles. The zero-order chi connectivity index (χ0) is 35.1. The number of ether oxygens (including phenoxy) is 1. The first-order valence-corrected chi connectivity index (χ1v) is 18.3. The van der Waals surface area contributed by atoms with E-state index in [2.05, 4.69) is 21.2 Å². The fourth-order valence-corrected chi connectivity index (χ4v) is 7.12. The van der Waals surface area contributed by atoms with Crippen LogP contribution in [0.25, 0.3) is 0 Å². The van der Waals surface area contributed by atoms with Gasteiger partial charge in [-0.2, -0.15) is 0 Å². The Labute approximate surface area is 301 Å². The highest BCUT2D eigenvalue weighted by atomic mass is 79.9. The van der Waals surface area contributed by atoms with Gasteiger partial charge in [0, 0.05) is 33.0 Å². The number of amides is 2. The molecule has 0 aliphatic heterocycles. The van der Waals surface area contributed by atoms with Crippen LogP contribution in [0.5, 0.6) is 5.75 Å². The number of halogens is 3. The summed E-state index contributed by atoms with van der Waals surface area (Å²) in [6.45, 7) is 7.15. The lowest BCUT2D eigenvalue weighted by molar-refractivity contribution is -0.140. The first-order valence-electron chi connectivity index (χ1n) is 15.3. The topological polar surface area (TPSA) is 96.0 Å². The molecule has 1 N–H and O–H groups in total. The first kappa shape index (κ1) is 37.3. The summed E-state index contributed by atoms with van der Waals surface area (Å²) in [6, 6.07) is 25.8. The molecule has 0 bridgehead atoms. The summed E-state index contributed by atoms with van der Waals surface area (Å²) in [4.78, 5) is 30.1. The smallest absolute Gasteiger partial charge is 0.264 e. The van der Waals surface area contributed by atoms with Crippen LogP contribution in [0.2, 0.25) is 10.0 Å². The number of carbonyl (C=O) groups is 2. The van der Waals surface area contributed by atoms with Crippen molar-refractivity contribution >= 4 is 66.7 Å². The van der Waals surface area contributed by atoms with E-state index in [1.54, 1.807) is 54.6 Å². The van der Waals surface area contributed by atoms with Gasteiger partial charge in [0.1, 0.15) is 18.3 Å². The van der Waals surface area contributed by atoms with Gasteiger partial charge in [0.15, 0.2) is 0 Å². The predicted octanol–water partition coefficient (Wildman–Crippen LogP) is 7.90. The minimum Gasteiger partial charge on any atom is -0.494 e. The van der Waals surface area contributed by atoms with E-state index < -0.39 is 40.0 Å². The summed E-state index contributed by atoms with van der Waals surface area (Å²) in [5, 5.41) is 3.73. The van der Waals surface area contributed by atoms with E-state index in [1.807, 2.05) is 58.0 Å². The Morgan fingerprint density at radius 1 is 0.917 bits per heavy atom. The monoisotopic (exact) mass is 773 g/mol. The molecule has 0 aliphatic rings. The van der Waals surface area contributed by atoms with Crippen LogP contribution in [0, 0.1) is 0 Å². The van der Waals surface area contributed by atoms with Gasteiger partial charge in [-0.3, -0.25) is 13.9 Å². The van der Waals surface area contributed by atoms with Crippen LogP contribution in [0.1, 0.15) is 38.8 Å². The van der Waals surface area contributed by atoms with Crippen LogP contribution in [0.4, 0.5) is 5.69 Å². The maximum absolute atomic E-state index is 14.7. The van der Waals surface area contributed by atoms with Gasteiger partial charge in [0.2, 0.25) is 11.8 Å². The number of hydrogen-bond donors (Lipinski definition) is 1. The van der Waals surface area contributed by atoms with E-state index in [-0.39, 0.29) is 23.5 Å². The van der Waals surface area contributed by atoms with Crippen LogP contribution in [-0.2, 0) is 32.6 Å². The Balaban J connectivity index is 1.84. The zero-order valence-electron chi connectivity index (χ0n) is 27.1. The third-order valence-electron chi connectivity index (χ3n) is 7.24. The maximum atomic E-state index is 14.7. The number of carbonyl (C=O) groups excluding carboxylic acids is 2. The molecule has 1 atom stereocenters. The summed E-state index contributed by atoms with van der Waals surface area (Å²) < 4.78 is 35.8. The maximum Gasteiger partial charge on any atom is 0.264 e. The number of rotatable bonds is 13. The fraction of sp³-hybridized carbons (Fsp3) is 0.278. The van der Waals surface area contributed by atoms with Crippen molar-refractivity contribution in [2.24, 2.45) is 0 Å². The summed E-state index contributed by atoms with van der Waals surface area (Å²) in [7, 11) is -4.26.